The summed E-state index contributed by atoms with van der Waals surface area (Å²) >= 11 is 5.88. The van der Waals surface area contributed by atoms with Gasteiger partial charge in [0.1, 0.15) is 0 Å². The number of piperidine rings is 1. The van der Waals surface area contributed by atoms with E-state index in [0.717, 1.165) is 18.5 Å². The third-order valence-electron chi connectivity index (χ3n) is 5.01. The average molecular weight is 368 g/mol. The maximum Gasteiger partial charge on any atom is 0.271 e. The second-order valence-corrected chi connectivity index (χ2v) is 8.74. The van der Waals surface area contributed by atoms with E-state index in [1.54, 1.807) is 23.5 Å². The SMILES string of the molecule is Cn1[nH]c2c(c1=O)C1CCCC(C2)N1S(=O)(=O)c1ccc(Cl)cc1. The first-order chi connectivity index (χ1) is 11.4. The van der Waals surface area contributed by atoms with Crippen LogP contribution < -0.4 is 5.56 Å². The molecule has 0 spiro atoms. The lowest BCUT2D eigenvalue weighted by Gasteiger charge is -2.43. The summed E-state index contributed by atoms with van der Waals surface area (Å²) in [6.07, 6.45) is 2.95. The highest BCUT2D eigenvalue weighted by Crippen LogP contribution is 2.43. The van der Waals surface area contributed by atoms with Crippen molar-refractivity contribution in [1.29, 1.82) is 0 Å². The van der Waals surface area contributed by atoms with E-state index < -0.39 is 16.1 Å². The van der Waals surface area contributed by atoms with E-state index in [1.807, 2.05) is 0 Å². The molecule has 8 heteroatoms. The second kappa shape index (κ2) is 5.47. The molecule has 2 bridgehead atoms. The highest BCUT2D eigenvalue weighted by Gasteiger charge is 2.46. The van der Waals surface area contributed by atoms with Gasteiger partial charge >= 0.3 is 0 Å². The molecule has 2 aliphatic heterocycles. The number of rotatable bonds is 2. The molecular formula is C16H18ClN3O3S. The van der Waals surface area contributed by atoms with Gasteiger partial charge in [0.2, 0.25) is 10.0 Å². The van der Waals surface area contributed by atoms with Gasteiger partial charge in [-0.2, -0.15) is 4.31 Å². The third-order valence-corrected chi connectivity index (χ3v) is 7.23. The first-order valence-electron chi connectivity index (χ1n) is 7.96. The lowest BCUT2D eigenvalue weighted by molar-refractivity contribution is 0.162. The Balaban J connectivity index is 1.85. The van der Waals surface area contributed by atoms with Gasteiger partial charge in [0.25, 0.3) is 5.56 Å². The Morgan fingerprint density at radius 2 is 1.92 bits per heavy atom. The number of sulfonamides is 1. The van der Waals surface area contributed by atoms with Crippen molar-refractivity contribution in [2.45, 2.75) is 42.7 Å². The first kappa shape index (κ1) is 15.9. The van der Waals surface area contributed by atoms with Crippen molar-refractivity contribution in [3.63, 3.8) is 0 Å². The summed E-state index contributed by atoms with van der Waals surface area (Å²) in [6.45, 7) is 0. The van der Waals surface area contributed by atoms with Crippen LogP contribution in [0.15, 0.2) is 34.0 Å². The van der Waals surface area contributed by atoms with E-state index in [1.165, 1.54) is 16.8 Å². The molecule has 4 rings (SSSR count). The minimum absolute atomic E-state index is 0.116. The Kier molecular flexibility index (Phi) is 3.63. The van der Waals surface area contributed by atoms with E-state index in [0.29, 0.717) is 23.4 Å². The fourth-order valence-corrected chi connectivity index (χ4v) is 5.94. The zero-order valence-electron chi connectivity index (χ0n) is 13.2. The Labute approximate surface area is 145 Å². The van der Waals surface area contributed by atoms with Gasteiger partial charge in [-0.15, -0.1) is 0 Å². The zero-order chi connectivity index (χ0) is 17.1. The summed E-state index contributed by atoms with van der Waals surface area (Å²) in [5.74, 6) is 0. The minimum Gasteiger partial charge on any atom is -0.300 e. The summed E-state index contributed by atoms with van der Waals surface area (Å²) < 4.78 is 29.4. The molecule has 2 atom stereocenters. The van der Waals surface area contributed by atoms with Gasteiger partial charge < -0.3 is 0 Å². The van der Waals surface area contributed by atoms with Crippen LogP contribution in [-0.4, -0.2) is 28.5 Å². The van der Waals surface area contributed by atoms with E-state index in [4.69, 9.17) is 11.6 Å². The third kappa shape index (κ3) is 2.26. The van der Waals surface area contributed by atoms with Gasteiger partial charge in [0.15, 0.2) is 0 Å². The summed E-state index contributed by atoms with van der Waals surface area (Å²) in [5, 5.41) is 3.57. The molecule has 128 valence electrons. The van der Waals surface area contributed by atoms with Gasteiger partial charge in [-0.05, 0) is 43.5 Å². The summed E-state index contributed by atoms with van der Waals surface area (Å²) in [7, 11) is -2.01. The van der Waals surface area contributed by atoms with Crippen LogP contribution in [0.4, 0.5) is 0 Å². The molecular weight excluding hydrogens is 350 g/mol. The fourth-order valence-electron chi connectivity index (χ4n) is 3.97. The fraction of sp³-hybridized carbons (Fsp3) is 0.438. The van der Waals surface area contributed by atoms with E-state index >= 15 is 0 Å². The zero-order valence-corrected chi connectivity index (χ0v) is 14.8. The molecule has 1 N–H and O–H groups in total. The number of fused-ring (bicyclic) bond motifs is 4. The molecule has 2 aliphatic rings. The van der Waals surface area contributed by atoms with Crippen LogP contribution in [0.2, 0.25) is 5.02 Å². The lowest BCUT2D eigenvalue weighted by atomic mass is 9.85. The van der Waals surface area contributed by atoms with E-state index in [2.05, 4.69) is 5.10 Å². The molecule has 3 heterocycles. The van der Waals surface area contributed by atoms with Crippen LogP contribution in [0.1, 0.15) is 36.6 Å². The van der Waals surface area contributed by atoms with Crippen molar-refractivity contribution in [3.8, 4) is 0 Å². The molecule has 1 saturated heterocycles. The van der Waals surface area contributed by atoms with Crippen LogP contribution in [0, 0.1) is 0 Å². The summed E-state index contributed by atoms with van der Waals surface area (Å²) in [4.78, 5) is 12.7. The normalized spacial score (nSPS) is 23.9. The Hall–Kier alpha value is -1.57. The topological polar surface area (TPSA) is 75.2 Å². The van der Waals surface area contributed by atoms with Crippen LogP contribution in [0.25, 0.3) is 0 Å². The first-order valence-corrected chi connectivity index (χ1v) is 9.78. The Bertz CT molecular complexity index is 946. The Morgan fingerprint density at radius 1 is 1.21 bits per heavy atom. The quantitative estimate of drug-likeness (QED) is 0.884. The van der Waals surface area contributed by atoms with Crippen LogP contribution >= 0.6 is 11.6 Å². The number of H-pyrrole nitrogens is 1. The predicted molar refractivity (Wildman–Crippen MR) is 90.6 cm³/mol. The standard InChI is InChI=1S/C16H18ClN3O3S/c1-19-16(21)15-13(18-19)9-11-3-2-4-14(15)20(11)24(22,23)12-7-5-10(17)6-8-12/h5-8,11,14,18H,2-4,9H2,1H3. The van der Waals surface area contributed by atoms with Gasteiger partial charge in [0.05, 0.1) is 16.5 Å². The van der Waals surface area contributed by atoms with E-state index in [-0.39, 0.29) is 16.5 Å². The van der Waals surface area contributed by atoms with Gasteiger partial charge in [-0.1, -0.05) is 11.6 Å². The molecule has 24 heavy (non-hydrogen) atoms. The number of aryl methyl sites for hydroxylation is 1. The van der Waals surface area contributed by atoms with Crippen LogP contribution in [-0.2, 0) is 23.5 Å². The number of hydrogen-bond donors (Lipinski definition) is 1. The van der Waals surface area contributed by atoms with Gasteiger partial charge in [0, 0.05) is 30.2 Å². The Morgan fingerprint density at radius 3 is 2.62 bits per heavy atom. The molecule has 0 radical (unpaired) electrons. The number of halogens is 1. The van der Waals surface area contributed by atoms with Gasteiger partial charge in [-0.25, -0.2) is 8.42 Å². The highest BCUT2D eigenvalue weighted by atomic mass is 35.5. The number of nitrogens with zero attached hydrogens (tertiary/aromatic N) is 2. The molecule has 1 aromatic carbocycles. The lowest BCUT2D eigenvalue weighted by Crippen LogP contribution is -2.50. The molecule has 1 fully saturated rings. The molecule has 6 nitrogen and oxygen atoms in total. The van der Waals surface area contributed by atoms with Crippen LogP contribution in [0.3, 0.4) is 0 Å². The number of benzene rings is 1. The number of aromatic amines is 1. The number of aromatic nitrogens is 2. The number of nitrogens with one attached hydrogen (secondary N) is 1. The monoisotopic (exact) mass is 367 g/mol. The summed E-state index contributed by atoms with van der Waals surface area (Å²) in [6, 6.07) is 5.70. The van der Waals surface area contributed by atoms with Crippen molar-refractivity contribution >= 4 is 21.6 Å². The van der Waals surface area contributed by atoms with E-state index in [9.17, 15) is 13.2 Å². The largest absolute Gasteiger partial charge is 0.300 e. The predicted octanol–water partition coefficient (Wildman–Crippen LogP) is 2.21. The van der Waals surface area contributed by atoms with Crippen molar-refractivity contribution in [1.82, 2.24) is 14.1 Å². The average Bonchev–Trinajstić information content (AvgIpc) is 2.81. The molecule has 2 unspecified atom stereocenters. The molecule has 0 amide bonds. The minimum atomic E-state index is -3.68. The van der Waals surface area contributed by atoms with Crippen molar-refractivity contribution < 1.29 is 8.42 Å². The maximum atomic E-state index is 13.2. The van der Waals surface area contributed by atoms with Crippen molar-refractivity contribution in [2.24, 2.45) is 7.05 Å². The van der Waals surface area contributed by atoms with Crippen molar-refractivity contribution in [2.75, 3.05) is 0 Å². The smallest absolute Gasteiger partial charge is 0.271 e. The highest BCUT2D eigenvalue weighted by molar-refractivity contribution is 7.89. The van der Waals surface area contributed by atoms with Crippen molar-refractivity contribution in [3.05, 3.63) is 50.9 Å². The number of hydrogen-bond acceptors (Lipinski definition) is 3. The summed E-state index contributed by atoms with van der Waals surface area (Å²) in [5.41, 5.74) is 1.34. The second-order valence-electron chi connectivity index (χ2n) is 6.46. The molecule has 0 aliphatic carbocycles. The van der Waals surface area contributed by atoms with Gasteiger partial charge in [-0.3, -0.25) is 14.6 Å². The molecule has 2 aromatic rings. The molecule has 1 aromatic heterocycles. The van der Waals surface area contributed by atoms with Crippen LogP contribution in [0.5, 0.6) is 0 Å². The molecule has 0 saturated carbocycles. The maximum absolute atomic E-state index is 13.2.